The van der Waals surface area contributed by atoms with E-state index in [-0.39, 0.29) is 6.10 Å². The smallest absolute Gasteiger partial charge is 0.0985 e. The summed E-state index contributed by atoms with van der Waals surface area (Å²) in [6.45, 7) is 1.94. The number of nitrogens with two attached hydrogens (primary N) is 1. The van der Waals surface area contributed by atoms with E-state index < -0.39 is 0 Å². The second-order valence-electron chi connectivity index (χ2n) is 3.48. The van der Waals surface area contributed by atoms with Crippen molar-refractivity contribution < 1.29 is 4.74 Å². The zero-order chi connectivity index (χ0) is 11.5. The Kier molecular flexibility index (Phi) is 2.87. The maximum atomic E-state index is 5.88. The lowest BCUT2D eigenvalue weighted by Crippen LogP contribution is -2.08. The van der Waals surface area contributed by atoms with Crippen LogP contribution in [0.4, 0.5) is 5.69 Å². The molecule has 0 aliphatic rings. The van der Waals surface area contributed by atoms with Gasteiger partial charge in [-0.1, -0.05) is 0 Å². The van der Waals surface area contributed by atoms with Gasteiger partial charge in [-0.25, -0.2) is 4.68 Å². The first-order valence-corrected chi connectivity index (χ1v) is 5.00. The summed E-state index contributed by atoms with van der Waals surface area (Å²) in [6, 6.07) is 3.75. The third kappa shape index (κ3) is 1.77. The summed E-state index contributed by atoms with van der Waals surface area (Å²) < 4.78 is 7.05. The number of hydrogen-bond donors (Lipinski definition) is 1. The first kappa shape index (κ1) is 10.6. The van der Waals surface area contributed by atoms with Crippen molar-refractivity contribution in [2.45, 2.75) is 13.0 Å². The molecule has 16 heavy (non-hydrogen) atoms. The van der Waals surface area contributed by atoms with Crippen LogP contribution < -0.4 is 5.73 Å². The molecule has 0 radical (unpaired) electrons. The monoisotopic (exact) mass is 218 g/mol. The van der Waals surface area contributed by atoms with Gasteiger partial charge in [0, 0.05) is 19.5 Å². The summed E-state index contributed by atoms with van der Waals surface area (Å²) in [4.78, 5) is 3.97. The van der Waals surface area contributed by atoms with Crippen molar-refractivity contribution in [2.24, 2.45) is 0 Å². The Morgan fingerprint density at radius 2 is 2.06 bits per heavy atom. The lowest BCUT2D eigenvalue weighted by atomic mass is 10.2. The fourth-order valence-corrected chi connectivity index (χ4v) is 1.58. The lowest BCUT2D eigenvalue weighted by Gasteiger charge is -2.13. The highest BCUT2D eigenvalue weighted by atomic mass is 16.5. The maximum Gasteiger partial charge on any atom is 0.0985 e. The second kappa shape index (κ2) is 4.32. The summed E-state index contributed by atoms with van der Waals surface area (Å²) in [5.41, 5.74) is 8.28. The van der Waals surface area contributed by atoms with Crippen LogP contribution in [0.3, 0.4) is 0 Å². The number of anilines is 1. The normalized spacial score (nSPS) is 12.6. The summed E-state index contributed by atoms with van der Waals surface area (Å²) >= 11 is 0. The second-order valence-corrected chi connectivity index (χ2v) is 3.48. The highest BCUT2D eigenvalue weighted by Gasteiger charge is 2.16. The number of aromatic nitrogens is 3. The number of pyridine rings is 1. The molecule has 2 rings (SSSR count). The van der Waals surface area contributed by atoms with E-state index in [0.29, 0.717) is 5.69 Å². The average Bonchev–Trinajstić information content (AvgIpc) is 2.71. The van der Waals surface area contributed by atoms with Crippen molar-refractivity contribution >= 4 is 5.69 Å². The standard InChI is InChI=1S/C11H14N4O/c1-8(16-2)11-10(12)7-14-15(11)9-3-5-13-6-4-9/h3-8H,12H2,1-2H3. The molecular formula is C11H14N4O. The first-order valence-electron chi connectivity index (χ1n) is 5.00. The molecular weight excluding hydrogens is 204 g/mol. The van der Waals surface area contributed by atoms with E-state index in [4.69, 9.17) is 10.5 Å². The molecule has 0 amide bonds. The molecule has 0 aliphatic heterocycles. The Balaban J connectivity index is 2.50. The van der Waals surface area contributed by atoms with Gasteiger partial charge >= 0.3 is 0 Å². The molecule has 5 nitrogen and oxygen atoms in total. The van der Waals surface area contributed by atoms with Crippen molar-refractivity contribution in [2.75, 3.05) is 12.8 Å². The summed E-state index contributed by atoms with van der Waals surface area (Å²) in [5.74, 6) is 0. The van der Waals surface area contributed by atoms with Crippen molar-refractivity contribution in [1.82, 2.24) is 14.8 Å². The van der Waals surface area contributed by atoms with Gasteiger partial charge in [-0.05, 0) is 19.1 Å². The first-order chi connectivity index (χ1) is 7.74. The Labute approximate surface area is 93.9 Å². The molecule has 0 fully saturated rings. The van der Waals surface area contributed by atoms with Crippen molar-refractivity contribution in [3.8, 4) is 5.69 Å². The molecule has 1 unspecified atom stereocenters. The Morgan fingerprint density at radius 1 is 1.38 bits per heavy atom. The Morgan fingerprint density at radius 3 is 2.69 bits per heavy atom. The molecule has 2 heterocycles. The van der Waals surface area contributed by atoms with E-state index in [1.807, 2.05) is 19.1 Å². The van der Waals surface area contributed by atoms with Gasteiger partial charge in [-0.15, -0.1) is 0 Å². The molecule has 5 heteroatoms. The average molecular weight is 218 g/mol. The minimum atomic E-state index is -0.101. The van der Waals surface area contributed by atoms with Gasteiger partial charge < -0.3 is 10.5 Å². The Bertz CT molecular complexity index is 466. The third-order valence-corrected chi connectivity index (χ3v) is 2.48. The van der Waals surface area contributed by atoms with Gasteiger partial charge in [0.2, 0.25) is 0 Å². The van der Waals surface area contributed by atoms with Gasteiger partial charge in [0.1, 0.15) is 0 Å². The molecule has 0 aromatic carbocycles. The number of ether oxygens (including phenoxy) is 1. The van der Waals surface area contributed by atoms with E-state index in [2.05, 4.69) is 10.1 Å². The molecule has 0 saturated carbocycles. The van der Waals surface area contributed by atoms with E-state index in [1.165, 1.54) is 0 Å². The molecule has 84 valence electrons. The van der Waals surface area contributed by atoms with Crippen LogP contribution in [0, 0.1) is 0 Å². The minimum Gasteiger partial charge on any atom is -0.396 e. The van der Waals surface area contributed by atoms with Crippen LogP contribution in [0.1, 0.15) is 18.7 Å². The fraction of sp³-hybridized carbons (Fsp3) is 0.273. The summed E-state index contributed by atoms with van der Waals surface area (Å²) in [6.07, 6.45) is 4.96. The van der Waals surface area contributed by atoms with Crippen LogP contribution in [0.2, 0.25) is 0 Å². The highest BCUT2D eigenvalue weighted by molar-refractivity contribution is 5.46. The number of hydrogen-bond acceptors (Lipinski definition) is 4. The number of methoxy groups -OCH3 is 1. The van der Waals surface area contributed by atoms with Crippen LogP contribution in [0.5, 0.6) is 0 Å². The van der Waals surface area contributed by atoms with Crippen molar-refractivity contribution in [1.29, 1.82) is 0 Å². The number of rotatable bonds is 3. The molecule has 2 N–H and O–H groups in total. The Hall–Kier alpha value is -1.88. The highest BCUT2D eigenvalue weighted by Crippen LogP contribution is 2.24. The number of nitrogen functional groups attached to an aromatic ring is 1. The molecule has 0 saturated heterocycles. The minimum absolute atomic E-state index is 0.101. The van der Waals surface area contributed by atoms with Crippen LogP contribution in [-0.2, 0) is 4.74 Å². The predicted octanol–water partition coefficient (Wildman–Crippen LogP) is 1.56. The molecule has 1 atom stereocenters. The van der Waals surface area contributed by atoms with E-state index in [1.54, 1.807) is 30.4 Å². The van der Waals surface area contributed by atoms with Crippen LogP contribution in [-0.4, -0.2) is 21.9 Å². The maximum absolute atomic E-state index is 5.88. The molecule has 2 aromatic heterocycles. The summed E-state index contributed by atoms with van der Waals surface area (Å²) in [5, 5.41) is 4.24. The van der Waals surface area contributed by atoms with Crippen molar-refractivity contribution in [3.63, 3.8) is 0 Å². The molecule has 0 bridgehead atoms. The van der Waals surface area contributed by atoms with Crippen LogP contribution in [0.15, 0.2) is 30.7 Å². The third-order valence-electron chi connectivity index (χ3n) is 2.48. The molecule has 0 spiro atoms. The van der Waals surface area contributed by atoms with Gasteiger partial charge in [-0.2, -0.15) is 5.10 Å². The number of nitrogens with zero attached hydrogens (tertiary/aromatic N) is 3. The predicted molar refractivity (Wildman–Crippen MR) is 61.2 cm³/mol. The summed E-state index contributed by atoms with van der Waals surface area (Å²) in [7, 11) is 1.65. The molecule has 2 aromatic rings. The van der Waals surface area contributed by atoms with Gasteiger partial charge in [0.25, 0.3) is 0 Å². The van der Waals surface area contributed by atoms with Crippen LogP contribution >= 0.6 is 0 Å². The van der Waals surface area contributed by atoms with Crippen molar-refractivity contribution in [3.05, 3.63) is 36.4 Å². The van der Waals surface area contributed by atoms with Gasteiger partial charge in [-0.3, -0.25) is 4.98 Å². The van der Waals surface area contributed by atoms with Gasteiger partial charge in [0.05, 0.1) is 29.4 Å². The topological polar surface area (TPSA) is 66.0 Å². The quantitative estimate of drug-likeness (QED) is 0.849. The zero-order valence-electron chi connectivity index (χ0n) is 9.29. The van der Waals surface area contributed by atoms with E-state index in [9.17, 15) is 0 Å². The molecule has 0 aliphatic carbocycles. The van der Waals surface area contributed by atoms with Crippen LogP contribution in [0.25, 0.3) is 5.69 Å². The van der Waals surface area contributed by atoms with E-state index in [0.717, 1.165) is 11.4 Å². The fourth-order valence-electron chi connectivity index (χ4n) is 1.58. The SMILES string of the molecule is COC(C)c1c(N)cnn1-c1ccncc1. The largest absolute Gasteiger partial charge is 0.396 e. The zero-order valence-corrected chi connectivity index (χ0v) is 9.29. The van der Waals surface area contributed by atoms with Gasteiger partial charge in [0.15, 0.2) is 0 Å². The lowest BCUT2D eigenvalue weighted by molar-refractivity contribution is 0.114. The van der Waals surface area contributed by atoms with E-state index >= 15 is 0 Å².